The van der Waals surface area contributed by atoms with Crippen molar-refractivity contribution in [3.05, 3.63) is 17.8 Å². The molecule has 43 heavy (non-hydrogen) atoms. The van der Waals surface area contributed by atoms with Crippen LogP contribution in [0, 0.1) is 0 Å². The molecule has 6 heterocycles. The van der Waals surface area contributed by atoms with Gasteiger partial charge in [0.2, 0.25) is 11.9 Å². The Kier molecular flexibility index (Phi) is 8.68. The van der Waals surface area contributed by atoms with Crippen molar-refractivity contribution in [2.45, 2.75) is 62.8 Å². The monoisotopic (exact) mass is 620 g/mol. The van der Waals surface area contributed by atoms with Crippen LogP contribution in [0.1, 0.15) is 38.1 Å². The molecule has 19 heteroatoms. The van der Waals surface area contributed by atoms with Crippen LogP contribution in [-0.2, 0) is 18.9 Å². The second-order valence-electron chi connectivity index (χ2n) is 10.3. The second kappa shape index (κ2) is 12.6. The van der Waals surface area contributed by atoms with Gasteiger partial charge >= 0.3 is 0 Å². The van der Waals surface area contributed by atoms with Crippen molar-refractivity contribution in [2.75, 3.05) is 43.2 Å². The first-order valence-electron chi connectivity index (χ1n) is 13.8. The van der Waals surface area contributed by atoms with E-state index in [9.17, 15) is 0 Å². The molecule has 0 aromatic carbocycles. The Hall–Kier alpha value is -3.49. The number of halogens is 1. The fourth-order valence-electron chi connectivity index (χ4n) is 4.24. The van der Waals surface area contributed by atoms with Crippen LogP contribution in [0.3, 0.4) is 0 Å². The Morgan fingerprint density at radius 2 is 1.33 bits per heavy atom. The summed E-state index contributed by atoms with van der Waals surface area (Å²) in [5, 5.41) is 21.5. The lowest BCUT2D eigenvalue weighted by atomic mass is 10.4. The van der Waals surface area contributed by atoms with Crippen LogP contribution >= 0.6 is 11.6 Å². The quantitative estimate of drug-likeness (QED) is 0.153. The molecule has 0 unspecified atom stereocenters. The maximum Gasteiger partial charge on any atom is 0.224 e. The molecule has 4 atom stereocenters. The van der Waals surface area contributed by atoms with E-state index in [0.29, 0.717) is 46.8 Å². The third kappa shape index (κ3) is 6.86. The summed E-state index contributed by atoms with van der Waals surface area (Å²) in [5.41, 5.74) is 18.7. The van der Waals surface area contributed by atoms with Crippen LogP contribution in [-0.4, -0.2) is 100 Å². The van der Waals surface area contributed by atoms with E-state index in [1.807, 2.05) is 0 Å². The topological polar surface area (TPSA) is 255 Å². The smallest absolute Gasteiger partial charge is 0.224 e. The van der Waals surface area contributed by atoms with Gasteiger partial charge in [-0.15, -0.1) is 0 Å². The van der Waals surface area contributed by atoms with Crippen LogP contribution in [0.2, 0.25) is 5.15 Å². The molecule has 2 saturated carbocycles. The number of nitrogens with two attached hydrogens (primary N) is 3. The zero-order valence-corrected chi connectivity index (χ0v) is 23.7. The van der Waals surface area contributed by atoms with Gasteiger partial charge in [-0.1, -0.05) is 11.6 Å². The molecule has 18 nitrogen and oxygen atoms in total. The van der Waals surface area contributed by atoms with Crippen molar-refractivity contribution in [2.24, 2.45) is 5.73 Å². The summed E-state index contributed by atoms with van der Waals surface area (Å²) in [4.78, 5) is 24.8. The third-order valence-electron chi connectivity index (χ3n) is 6.76. The molecule has 0 spiro atoms. The molecule has 4 aromatic rings. The molecule has 0 radical (unpaired) electrons. The number of hydrogen-bond donors (Lipinski definition) is 6. The molecule has 2 saturated heterocycles. The third-order valence-corrected chi connectivity index (χ3v) is 7.02. The van der Waals surface area contributed by atoms with Gasteiger partial charge in [-0.3, -0.25) is 9.13 Å². The number of nitrogen functional groups attached to an aromatic ring is 2. The minimum atomic E-state index is -0.637. The number of hydrogen-bond acceptors (Lipinski definition) is 16. The SMILES string of the molecule is NC1CC1.Nc1nc(Cl)c2ncn([C@H]3CO[C@@H](CO)O3)c2n1.Nc1nc(NC2CC2)c2ncn([C@H]3CO[C@@H](CO)O3)c2n1. The summed E-state index contributed by atoms with van der Waals surface area (Å²) in [6.07, 6.45) is 5.89. The van der Waals surface area contributed by atoms with E-state index in [-0.39, 0.29) is 43.1 Å². The zero-order chi connectivity index (χ0) is 30.1. The summed E-state index contributed by atoms with van der Waals surface area (Å²) in [6.45, 7) is 0.222. The lowest BCUT2D eigenvalue weighted by molar-refractivity contribution is -0.0981. The van der Waals surface area contributed by atoms with Crippen molar-refractivity contribution < 1.29 is 29.2 Å². The Balaban J connectivity index is 0.000000137. The normalized spacial score (nSPS) is 24.9. The number of rotatable bonds is 6. The van der Waals surface area contributed by atoms with E-state index in [1.54, 1.807) is 15.5 Å². The average molecular weight is 621 g/mol. The van der Waals surface area contributed by atoms with Gasteiger partial charge < -0.3 is 51.7 Å². The van der Waals surface area contributed by atoms with Gasteiger partial charge in [0.15, 0.2) is 52.8 Å². The summed E-state index contributed by atoms with van der Waals surface area (Å²) < 4.78 is 24.9. The molecule has 0 amide bonds. The number of fused-ring (bicyclic) bond motifs is 2. The summed E-state index contributed by atoms with van der Waals surface area (Å²) in [7, 11) is 0. The average Bonchev–Trinajstić information content (AvgIpc) is 3.67. The van der Waals surface area contributed by atoms with Crippen LogP contribution in [0.5, 0.6) is 0 Å². The van der Waals surface area contributed by atoms with Crippen molar-refractivity contribution in [3.63, 3.8) is 0 Å². The van der Waals surface area contributed by atoms with E-state index < -0.39 is 18.8 Å². The fraction of sp³-hybridized carbons (Fsp3) is 0.583. The van der Waals surface area contributed by atoms with Gasteiger partial charge in [0.05, 0.1) is 39.1 Å². The maximum atomic E-state index is 9.06. The number of nitrogens with one attached hydrogen (secondary N) is 1. The van der Waals surface area contributed by atoms with E-state index in [1.165, 1.54) is 19.2 Å². The molecular formula is C24H33ClN12O6. The van der Waals surface area contributed by atoms with Gasteiger partial charge in [-0.05, 0) is 25.7 Å². The fourth-order valence-corrected chi connectivity index (χ4v) is 4.46. The van der Waals surface area contributed by atoms with Crippen LogP contribution in [0.15, 0.2) is 12.7 Å². The van der Waals surface area contributed by atoms with Gasteiger partial charge in [-0.2, -0.15) is 19.9 Å². The summed E-state index contributed by atoms with van der Waals surface area (Å²) in [6, 6.07) is 1.03. The number of aromatic nitrogens is 8. The second-order valence-corrected chi connectivity index (χ2v) is 10.6. The molecule has 232 valence electrons. The number of aliphatic hydroxyl groups excluding tert-OH is 2. The van der Waals surface area contributed by atoms with E-state index >= 15 is 0 Å². The molecule has 0 bridgehead atoms. The Morgan fingerprint density at radius 1 is 0.814 bits per heavy atom. The Labute approximate surface area is 249 Å². The van der Waals surface area contributed by atoms with Gasteiger partial charge in [0, 0.05) is 12.1 Å². The van der Waals surface area contributed by atoms with Gasteiger partial charge in [0.25, 0.3) is 0 Å². The standard InChI is InChI=1S/C12H16N6O3.C9H10ClN5O3.C3H7N/c13-12-16-10(15-6-1-2-6)9-11(17-12)18(5-14-9)7-4-20-8(3-19)21-7;10-7-6-8(14-9(11)13-7)15(3-12-6)4-2-17-5(1-16)18-4;4-3-1-2-3/h5-8,19H,1-4H2,(H3,13,15,16,17);3-5,16H,1-2H2,(H2,11,13,14);3H,1-2,4H2/t7-,8-;4-,5-;/m11./s1. The molecule has 9 N–H and O–H groups in total. The number of ether oxygens (including phenoxy) is 4. The minimum Gasteiger partial charge on any atom is -0.391 e. The number of aliphatic hydroxyl groups is 2. The number of nitrogens with zero attached hydrogens (tertiary/aromatic N) is 8. The first kappa shape index (κ1) is 29.6. The van der Waals surface area contributed by atoms with Crippen LogP contribution < -0.4 is 22.5 Å². The highest BCUT2D eigenvalue weighted by atomic mass is 35.5. The van der Waals surface area contributed by atoms with Crippen molar-refractivity contribution >= 4 is 51.6 Å². The first-order chi connectivity index (χ1) is 20.8. The molecule has 2 aliphatic carbocycles. The van der Waals surface area contributed by atoms with Crippen molar-refractivity contribution in [1.29, 1.82) is 0 Å². The predicted octanol–water partition coefficient (Wildman–Crippen LogP) is -0.120. The largest absolute Gasteiger partial charge is 0.391 e. The highest BCUT2D eigenvalue weighted by Gasteiger charge is 2.30. The Bertz CT molecular complexity index is 1560. The number of anilines is 3. The van der Waals surface area contributed by atoms with Gasteiger partial charge in [0.1, 0.15) is 5.52 Å². The van der Waals surface area contributed by atoms with Crippen LogP contribution in [0.25, 0.3) is 22.3 Å². The molecule has 4 fully saturated rings. The lowest BCUT2D eigenvalue weighted by Gasteiger charge is -2.12. The molecule has 8 rings (SSSR count). The van der Waals surface area contributed by atoms with Crippen molar-refractivity contribution in [1.82, 2.24) is 39.0 Å². The molecular weight excluding hydrogens is 588 g/mol. The van der Waals surface area contributed by atoms with E-state index in [4.69, 9.17) is 58.0 Å². The summed E-state index contributed by atoms with van der Waals surface area (Å²) >= 11 is 5.92. The number of imidazole rings is 2. The van der Waals surface area contributed by atoms with E-state index in [2.05, 4.69) is 35.2 Å². The highest BCUT2D eigenvalue weighted by molar-refractivity contribution is 6.33. The van der Waals surface area contributed by atoms with Crippen LogP contribution in [0.4, 0.5) is 17.7 Å². The van der Waals surface area contributed by atoms with E-state index in [0.717, 1.165) is 12.8 Å². The van der Waals surface area contributed by atoms with Crippen molar-refractivity contribution in [3.8, 4) is 0 Å². The predicted molar refractivity (Wildman–Crippen MR) is 152 cm³/mol. The highest BCUT2D eigenvalue weighted by Crippen LogP contribution is 2.31. The minimum absolute atomic E-state index is 0.0619. The lowest BCUT2D eigenvalue weighted by Crippen LogP contribution is -2.15. The summed E-state index contributed by atoms with van der Waals surface area (Å²) in [5.74, 6) is 0.897. The molecule has 4 aromatic heterocycles. The first-order valence-corrected chi connectivity index (χ1v) is 14.1. The zero-order valence-electron chi connectivity index (χ0n) is 23.0. The molecule has 4 aliphatic rings. The Morgan fingerprint density at radius 3 is 1.81 bits per heavy atom. The molecule has 2 aliphatic heterocycles. The maximum absolute atomic E-state index is 9.06. The van der Waals surface area contributed by atoms with Gasteiger partial charge in [-0.25, -0.2) is 9.97 Å².